The molecule has 0 saturated carbocycles. The van der Waals surface area contributed by atoms with Gasteiger partial charge in [0, 0.05) is 24.3 Å². The zero-order valence-corrected chi connectivity index (χ0v) is 10.2. The lowest BCUT2D eigenvalue weighted by Crippen LogP contribution is -2.01. The highest BCUT2D eigenvalue weighted by molar-refractivity contribution is 5.84. The number of rotatable bonds is 3. The lowest BCUT2D eigenvalue weighted by Gasteiger charge is -2.07. The van der Waals surface area contributed by atoms with Gasteiger partial charge in [-0.15, -0.1) is 0 Å². The molecule has 0 unspecified atom stereocenters. The van der Waals surface area contributed by atoms with Crippen molar-refractivity contribution in [3.8, 4) is 11.6 Å². The molecule has 0 aliphatic rings. The van der Waals surface area contributed by atoms with Crippen molar-refractivity contribution in [3.63, 3.8) is 0 Å². The van der Waals surface area contributed by atoms with E-state index in [1.807, 2.05) is 30.3 Å². The Labute approximate surface area is 110 Å². The second kappa shape index (κ2) is 4.99. The van der Waals surface area contributed by atoms with E-state index in [0.717, 1.165) is 10.9 Å². The summed E-state index contributed by atoms with van der Waals surface area (Å²) >= 11 is 0. The number of nitrogens with two attached hydrogens (primary N) is 1. The van der Waals surface area contributed by atoms with Gasteiger partial charge in [0.1, 0.15) is 5.52 Å². The van der Waals surface area contributed by atoms with Crippen molar-refractivity contribution < 1.29 is 4.74 Å². The highest BCUT2D eigenvalue weighted by atomic mass is 16.5. The summed E-state index contributed by atoms with van der Waals surface area (Å²) in [4.78, 5) is 12.6. The molecule has 0 fully saturated rings. The van der Waals surface area contributed by atoms with Crippen molar-refractivity contribution >= 4 is 10.9 Å². The topological polar surface area (TPSA) is 73.9 Å². The van der Waals surface area contributed by atoms with E-state index in [0.29, 0.717) is 23.9 Å². The molecule has 19 heavy (non-hydrogen) atoms. The van der Waals surface area contributed by atoms with Crippen LogP contribution in [0.25, 0.3) is 10.9 Å². The predicted octanol–water partition coefficient (Wildman–Crippen LogP) is 2.28. The first-order chi connectivity index (χ1) is 9.36. The first-order valence-electron chi connectivity index (χ1n) is 5.89. The van der Waals surface area contributed by atoms with Gasteiger partial charge < -0.3 is 10.5 Å². The Balaban J connectivity index is 2.01. The van der Waals surface area contributed by atoms with Crippen LogP contribution in [-0.2, 0) is 6.54 Å². The molecule has 3 aromatic rings. The minimum absolute atomic E-state index is 0.331. The van der Waals surface area contributed by atoms with Gasteiger partial charge in [-0.05, 0) is 12.1 Å². The quantitative estimate of drug-likeness (QED) is 0.774. The molecule has 0 radical (unpaired) electrons. The highest BCUT2D eigenvalue weighted by Crippen LogP contribution is 2.26. The molecule has 0 bridgehead atoms. The molecule has 0 spiro atoms. The molecule has 0 aliphatic heterocycles. The smallest absolute Gasteiger partial charge is 0.238 e. The average Bonchev–Trinajstić information content (AvgIpc) is 2.48. The molecule has 0 atom stereocenters. The van der Waals surface area contributed by atoms with Gasteiger partial charge in [0.05, 0.1) is 11.9 Å². The number of nitrogens with zero attached hydrogens (tertiary/aromatic N) is 3. The van der Waals surface area contributed by atoms with Gasteiger partial charge in [-0.1, -0.05) is 18.2 Å². The van der Waals surface area contributed by atoms with Gasteiger partial charge in [0.25, 0.3) is 0 Å². The number of hydrogen-bond acceptors (Lipinski definition) is 5. The molecule has 2 N–H and O–H groups in total. The van der Waals surface area contributed by atoms with E-state index in [4.69, 9.17) is 10.5 Å². The van der Waals surface area contributed by atoms with Crippen LogP contribution in [-0.4, -0.2) is 15.0 Å². The van der Waals surface area contributed by atoms with E-state index in [9.17, 15) is 0 Å². The predicted molar refractivity (Wildman–Crippen MR) is 71.7 cm³/mol. The molecule has 0 amide bonds. The lowest BCUT2D eigenvalue weighted by atomic mass is 10.2. The van der Waals surface area contributed by atoms with Gasteiger partial charge >= 0.3 is 0 Å². The Kier molecular flexibility index (Phi) is 3.04. The summed E-state index contributed by atoms with van der Waals surface area (Å²) in [5, 5.41) is 1.02. The third-order valence-corrected chi connectivity index (χ3v) is 2.68. The van der Waals surface area contributed by atoms with E-state index < -0.39 is 0 Å². The van der Waals surface area contributed by atoms with Gasteiger partial charge in [0.15, 0.2) is 5.75 Å². The zero-order valence-electron chi connectivity index (χ0n) is 10.2. The zero-order chi connectivity index (χ0) is 13.1. The SMILES string of the molecule is NCc1cncc(Oc2cccc3cccnc23)n1. The van der Waals surface area contributed by atoms with E-state index in [1.54, 1.807) is 18.6 Å². The molecule has 2 aromatic heterocycles. The fourth-order valence-electron chi connectivity index (χ4n) is 1.81. The fourth-order valence-corrected chi connectivity index (χ4v) is 1.81. The number of para-hydroxylation sites is 1. The third-order valence-electron chi connectivity index (χ3n) is 2.68. The lowest BCUT2D eigenvalue weighted by molar-refractivity contribution is 0.462. The number of ether oxygens (including phenoxy) is 1. The van der Waals surface area contributed by atoms with Crippen molar-refractivity contribution in [3.05, 3.63) is 54.6 Å². The van der Waals surface area contributed by atoms with Crippen molar-refractivity contribution in [1.82, 2.24) is 15.0 Å². The Bertz CT molecular complexity index is 709. The van der Waals surface area contributed by atoms with Crippen LogP contribution >= 0.6 is 0 Å². The van der Waals surface area contributed by atoms with Crippen LogP contribution in [0.4, 0.5) is 0 Å². The van der Waals surface area contributed by atoms with Crippen LogP contribution in [0.15, 0.2) is 48.9 Å². The number of pyridine rings is 1. The monoisotopic (exact) mass is 252 g/mol. The summed E-state index contributed by atoms with van der Waals surface area (Å²) in [5.41, 5.74) is 7.01. The fraction of sp³-hybridized carbons (Fsp3) is 0.0714. The van der Waals surface area contributed by atoms with Crippen LogP contribution in [0.2, 0.25) is 0 Å². The van der Waals surface area contributed by atoms with Gasteiger partial charge in [0.2, 0.25) is 5.88 Å². The normalized spacial score (nSPS) is 10.6. The maximum absolute atomic E-state index is 5.74. The van der Waals surface area contributed by atoms with Crippen molar-refractivity contribution in [1.29, 1.82) is 0 Å². The summed E-state index contributed by atoms with van der Waals surface area (Å²) in [6, 6.07) is 9.63. The summed E-state index contributed by atoms with van der Waals surface area (Å²) in [7, 11) is 0. The maximum atomic E-state index is 5.74. The van der Waals surface area contributed by atoms with Gasteiger partial charge in [-0.25, -0.2) is 4.98 Å². The Morgan fingerprint density at radius 2 is 2.00 bits per heavy atom. The average molecular weight is 252 g/mol. The van der Waals surface area contributed by atoms with Crippen molar-refractivity contribution in [2.75, 3.05) is 0 Å². The molecule has 94 valence electrons. The number of aromatic nitrogens is 3. The van der Waals surface area contributed by atoms with E-state index in [1.165, 1.54) is 0 Å². The Hall–Kier alpha value is -2.53. The summed E-state index contributed by atoms with van der Waals surface area (Å²) in [5.74, 6) is 1.07. The van der Waals surface area contributed by atoms with Crippen molar-refractivity contribution in [2.45, 2.75) is 6.54 Å². The second-order valence-corrected chi connectivity index (χ2v) is 3.99. The highest BCUT2D eigenvalue weighted by Gasteiger charge is 2.05. The molecule has 2 heterocycles. The van der Waals surface area contributed by atoms with Crippen LogP contribution in [0.1, 0.15) is 5.69 Å². The third kappa shape index (κ3) is 2.36. The standard InChI is InChI=1S/C14H12N4O/c15-7-11-8-16-9-13(18-11)19-12-5-1-3-10-4-2-6-17-14(10)12/h1-6,8-9H,7,15H2. The Morgan fingerprint density at radius 1 is 1.11 bits per heavy atom. The molecule has 1 aromatic carbocycles. The molecule has 5 heteroatoms. The van der Waals surface area contributed by atoms with Crippen LogP contribution in [0.5, 0.6) is 11.6 Å². The second-order valence-electron chi connectivity index (χ2n) is 3.99. The number of hydrogen-bond donors (Lipinski definition) is 1. The largest absolute Gasteiger partial charge is 0.435 e. The van der Waals surface area contributed by atoms with Crippen LogP contribution < -0.4 is 10.5 Å². The number of fused-ring (bicyclic) bond motifs is 1. The van der Waals surface area contributed by atoms with Gasteiger partial charge in [-0.2, -0.15) is 0 Å². The minimum atomic E-state index is 0.331. The van der Waals surface area contributed by atoms with Crippen LogP contribution in [0, 0.1) is 0 Å². The molecule has 5 nitrogen and oxygen atoms in total. The Morgan fingerprint density at radius 3 is 2.89 bits per heavy atom. The molecule has 0 aliphatic carbocycles. The molecule has 3 rings (SSSR count). The molecular formula is C14H12N4O. The number of benzene rings is 1. The van der Waals surface area contributed by atoms with E-state index >= 15 is 0 Å². The van der Waals surface area contributed by atoms with Crippen LogP contribution in [0.3, 0.4) is 0 Å². The summed E-state index contributed by atoms with van der Waals surface area (Å²) in [6.45, 7) is 0.331. The first kappa shape index (κ1) is 11.6. The van der Waals surface area contributed by atoms with E-state index in [2.05, 4.69) is 15.0 Å². The van der Waals surface area contributed by atoms with Crippen molar-refractivity contribution in [2.24, 2.45) is 5.73 Å². The molecule has 0 saturated heterocycles. The first-order valence-corrected chi connectivity index (χ1v) is 5.89. The maximum Gasteiger partial charge on any atom is 0.238 e. The summed E-state index contributed by atoms with van der Waals surface area (Å²) < 4.78 is 5.74. The van der Waals surface area contributed by atoms with Gasteiger partial charge in [-0.3, -0.25) is 9.97 Å². The van der Waals surface area contributed by atoms with E-state index in [-0.39, 0.29) is 0 Å². The molecular weight excluding hydrogens is 240 g/mol. The minimum Gasteiger partial charge on any atom is -0.435 e. The summed E-state index contributed by atoms with van der Waals surface area (Å²) in [6.07, 6.45) is 4.91.